The number of hydrogen-bond acceptors (Lipinski definition) is 3. The summed E-state index contributed by atoms with van der Waals surface area (Å²) in [6.07, 6.45) is 0.424. The average Bonchev–Trinajstić information content (AvgIpc) is 2.02. The van der Waals surface area contributed by atoms with Gasteiger partial charge in [0.25, 0.3) is 0 Å². The molecule has 7 heteroatoms. The molecule has 1 aromatic rings. The fourth-order valence-corrected chi connectivity index (χ4v) is 2.67. The predicted molar refractivity (Wildman–Crippen MR) is 53.2 cm³/mol. The summed E-state index contributed by atoms with van der Waals surface area (Å²) in [6.45, 7) is 0. The summed E-state index contributed by atoms with van der Waals surface area (Å²) in [7, 11) is -4.02. The molecule has 0 aliphatic rings. The average molecular weight is 254 g/mol. The van der Waals surface area contributed by atoms with Gasteiger partial charge >= 0.3 is 0 Å². The molecule has 0 heterocycles. The Morgan fingerprint density at radius 2 is 1.86 bits per heavy atom. The maximum Gasteiger partial charge on any atom is 0.241 e. The van der Waals surface area contributed by atoms with Gasteiger partial charge in [0.2, 0.25) is 10.0 Å². The summed E-state index contributed by atoms with van der Waals surface area (Å²) < 4.78 is 22.1. The van der Waals surface area contributed by atoms with Crippen molar-refractivity contribution in [3.05, 3.63) is 27.7 Å². The third kappa shape index (κ3) is 2.06. The zero-order valence-corrected chi connectivity index (χ0v) is 9.03. The highest BCUT2D eigenvalue weighted by Gasteiger charge is 2.19. The first-order chi connectivity index (χ1) is 6.38. The Hall–Kier alpha value is -0.620. The summed E-state index contributed by atoms with van der Waals surface area (Å²) in [6, 6.07) is 2.56. The van der Waals surface area contributed by atoms with Crippen LogP contribution in [0.4, 0.5) is 0 Å². The molecule has 1 aromatic carbocycles. The van der Waals surface area contributed by atoms with E-state index in [4.69, 9.17) is 28.3 Å². The fraction of sp³-hybridized carbons (Fsp3) is 0. The predicted octanol–water partition coefficient (Wildman–Crippen LogP) is 1.45. The molecule has 0 fully saturated rings. The number of nitrogens with two attached hydrogens (primary N) is 1. The minimum absolute atomic E-state index is 0.0279. The van der Waals surface area contributed by atoms with Crippen LogP contribution < -0.4 is 5.14 Å². The van der Waals surface area contributed by atoms with Gasteiger partial charge < -0.3 is 0 Å². The molecule has 0 saturated heterocycles. The first-order valence-electron chi connectivity index (χ1n) is 3.34. The highest BCUT2D eigenvalue weighted by molar-refractivity contribution is 7.89. The van der Waals surface area contributed by atoms with Crippen LogP contribution in [0.1, 0.15) is 10.4 Å². The van der Waals surface area contributed by atoms with Crippen LogP contribution in [0.25, 0.3) is 0 Å². The van der Waals surface area contributed by atoms with E-state index in [1.54, 1.807) is 0 Å². The van der Waals surface area contributed by atoms with E-state index < -0.39 is 14.9 Å². The number of halogens is 2. The maximum atomic E-state index is 11.0. The van der Waals surface area contributed by atoms with E-state index in [2.05, 4.69) is 0 Å². The molecule has 1 rings (SSSR count). The summed E-state index contributed by atoms with van der Waals surface area (Å²) in [5.74, 6) is 0. The summed E-state index contributed by atoms with van der Waals surface area (Å²) in [5, 5.41) is 4.51. The Labute approximate surface area is 90.7 Å². The van der Waals surface area contributed by atoms with Crippen LogP contribution in [0.15, 0.2) is 17.0 Å². The van der Waals surface area contributed by atoms with E-state index in [0.29, 0.717) is 6.29 Å². The zero-order valence-electron chi connectivity index (χ0n) is 6.70. The van der Waals surface area contributed by atoms with Gasteiger partial charge in [0.05, 0.1) is 10.0 Å². The molecule has 0 radical (unpaired) electrons. The van der Waals surface area contributed by atoms with Crippen LogP contribution in [0.5, 0.6) is 0 Å². The molecule has 0 bridgehead atoms. The fourth-order valence-electron chi connectivity index (χ4n) is 0.900. The number of rotatable bonds is 2. The molecule has 2 N–H and O–H groups in total. The first kappa shape index (κ1) is 11.5. The third-order valence-electron chi connectivity index (χ3n) is 1.49. The second-order valence-corrected chi connectivity index (χ2v) is 4.73. The minimum Gasteiger partial charge on any atom is -0.298 e. The molecule has 4 nitrogen and oxygen atoms in total. The number of carbonyl (C=O) groups excluding carboxylic acids is 1. The molecule has 0 aromatic heterocycles. The Bertz CT molecular complexity index is 484. The SMILES string of the molecule is NS(=O)(=O)c1c(Cl)ccc(C=O)c1Cl. The second-order valence-electron chi connectivity index (χ2n) is 2.44. The van der Waals surface area contributed by atoms with Crippen molar-refractivity contribution in [1.82, 2.24) is 0 Å². The standard InChI is InChI=1S/C7H5Cl2NO3S/c8-5-2-1-4(3-11)6(9)7(5)14(10,12)13/h1-3H,(H2,10,12,13). The lowest BCUT2D eigenvalue weighted by molar-refractivity contribution is 0.112. The van der Waals surface area contributed by atoms with E-state index in [1.165, 1.54) is 12.1 Å². The molecule has 14 heavy (non-hydrogen) atoms. The number of aldehydes is 1. The second kappa shape index (κ2) is 3.86. The summed E-state index contributed by atoms with van der Waals surface area (Å²) >= 11 is 11.2. The number of primary sulfonamides is 1. The van der Waals surface area contributed by atoms with Gasteiger partial charge in [0.1, 0.15) is 4.90 Å². The van der Waals surface area contributed by atoms with Crippen molar-refractivity contribution in [2.45, 2.75) is 4.90 Å². The smallest absolute Gasteiger partial charge is 0.241 e. The van der Waals surface area contributed by atoms with Crippen molar-refractivity contribution in [3.63, 3.8) is 0 Å². The van der Waals surface area contributed by atoms with Crippen LogP contribution in [-0.2, 0) is 10.0 Å². The zero-order chi connectivity index (χ0) is 10.9. The van der Waals surface area contributed by atoms with E-state index in [-0.39, 0.29) is 15.6 Å². The lowest BCUT2D eigenvalue weighted by Gasteiger charge is -2.05. The summed E-state index contributed by atoms with van der Waals surface area (Å²) in [4.78, 5) is 10.0. The van der Waals surface area contributed by atoms with Gasteiger partial charge in [-0.15, -0.1) is 0 Å². The number of hydrogen-bond donors (Lipinski definition) is 1. The van der Waals surface area contributed by atoms with Crippen molar-refractivity contribution >= 4 is 39.5 Å². The number of benzene rings is 1. The van der Waals surface area contributed by atoms with E-state index in [0.717, 1.165) is 0 Å². The van der Waals surface area contributed by atoms with Crippen LogP contribution >= 0.6 is 23.2 Å². The van der Waals surface area contributed by atoms with Crippen LogP contribution in [0.3, 0.4) is 0 Å². The lowest BCUT2D eigenvalue weighted by Crippen LogP contribution is -2.14. The van der Waals surface area contributed by atoms with Crippen molar-refractivity contribution in [1.29, 1.82) is 0 Å². The molecule has 76 valence electrons. The van der Waals surface area contributed by atoms with Crippen molar-refractivity contribution < 1.29 is 13.2 Å². The lowest BCUT2D eigenvalue weighted by atomic mass is 10.2. The van der Waals surface area contributed by atoms with Crippen molar-refractivity contribution in [2.24, 2.45) is 5.14 Å². The monoisotopic (exact) mass is 253 g/mol. The third-order valence-corrected chi connectivity index (χ3v) is 3.43. The Balaban J connectivity index is 3.65. The molecule has 0 saturated carbocycles. The highest BCUT2D eigenvalue weighted by atomic mass is 35.5. The van der Waals surface area contributed by atoms with Gasteiger partial charge in [-0.05, 0) is 12.1 Å². The maximum absolute atomic E-state index is 11.0. The van der Waals surface area contributed by atoms with E-state index in [9.17, 15) is 13.2 Å². The van der Waals surface area contributed by atoms with Gasteiger partial charge in [0, 0.05) is 5.56 Å². The van der Waals surface area contributed by atoms with Crippen molar-refractivity contribution in [3.8, 4) is 0 Å². The van der Waals surface area contributed by atoms with Gasteiger partial charge in [-0.1, -0.05) is 23.2 Å². The number of carbonyl (C=O) groups is 1. The van der Waals surface area contributed by atoms with Gasteiger partial charge in [0.15, 0.2) is 6.29 Å². The van der Waals surface area contributed by atoms with Gasteiger partial charge in [-0.2, -0.15) is 0 Å². The first-order valence-corrected chi connectivity index (χ1v) is 5.64. The molecule has 0 aliphatic heterocycles. The van der Waals surface area contributed by atoms with Gasteiger partial charge in [-0.25, -0.2) is 13.6 Å². The molecule has 0 aliphatic carbocycles. The minimum atomic E-state index is -4.02. The molecular formula is C7H5Cl2NO3S. The quantitative estimate of drug-likeness (QED) is 0.811. The largest absolute Gasteiger partial charge is 0.298 e. The Morgan fingerprint density at radius 1 is 1.29 bits per heavy atom. The van der Waals surface area contributed by atoms with Gasteiger partial charge in [-0.3, -0.25) is 4.79 Å². The Morgan fingerprint density at radius 3 is 2.29 bits per heavy atom. The molecule has 0 unspecified atom stereocenters. The molecule has 0 spiro atoms. The highest BCUT2D eigenvalue weighted by Crippen LogP contribution is 2.30. The summed E-state index contributed by atoms with van der Waals surface area (Å²) in [5.41, 5.74) is 0.0279. The van der Waals surface area contributed by atoms with Crippen LogP contribution in [-0.4, -0.2) is 14.7 Å². The molecule has 0 amide bonds. The number of sulfonamides is 1. The molecular weight excluding hydrogens is 249 g/mol. The Kier molecular flexibility index (Phi) is 3.16. The van der Waals surface area contributed by atoms with Crippen LogP contribution in [0, 0.1) is 0 Å². The van der Waals surface area contributed by atoms with Crippen molar-refractivity contribution in [2.75, 3.05) is 0 Å². The van der Waals surface area contributed by atoms with E-state index in [1.807, 2.05) is 0 Å². The topological polar surface area (TPSA) is 77.2 Å². The van der Waals surface area contributed by atoms with E-state index >= 15 is 0 Å². The normalized spacial score (nSPS) is 11.4. The molecule has 0 atom stereocenters. The van der Waals surface area contributed by atoms with Crippen LogP contribution in [0.2, 0.25) is 10.0 Å².